The Morgan fingerprint density at radius 1 is 1.21 bits per heavy atom. The van der Waals surface area contributed by atoms with E-state index in [1.807, 2.05) is 36.7 Å². The van der Waals surface area contributed by atoms with E-state index in [9.17, 15) is 9.50 Å². The molecule has 3 aromatic heterocycles. The van der Waals surface area contributed by atoms with Gasteiger partial charge in [-0.2, -0.15) is 5.10 Å². The van der Waals surface area contributed by atoms with Crippen LogP contribution in [0.5, 0.6) is 5.75 Å². The van der Waals surface area contributed by atoms with Gasteiger partial charge in [-0.05, 0) is 63.4 Å². The summed E-state index contributed by atoms with van der Waals surface area (Å²) in [5.74, 6) is 0.556. The molecule has 1 aromatic carbocycles. The highest BCUT2D eigenvalue weighted by Crippen LogP contribution is 2.34. The van der Waals surface area contributed by atoms with Crippen molar-refractivity contribution in [2.45, 2.75) is 52.0 Å². The number of pyridine rings is 1. The van der Waals surface area contributed by atoms with E-state index in [2.05, 4.69) is 15.0 Å². The molecule has 1 saturated heterocycles. The number of fused-ring (bicyclic) bond motifs is 1. The minimum Gasteiger partial charge on any atom is -0.491 e. The zero-order valence-electron chi connectivity index (χ0n) is 19.1. The second-order valence-corrected chi connectivity index (χ2v) is 8.54. The van der Waals surface area contributed by atoms with Gasteiger partial charge >= 0.3 is 0 Å². The van der Waals surface area contributed by atoms with Crippen LogP contribution in [0.3, 0.4) is 0 Å². The van der Waals surface area contributed by atoms with Crippen LogP contribution < -0.4 is 4.74 Å². The molecule has 0 spiro atoms. The summed E-state index contributed by atoms with van der Waals surface area (Å²) in [6, 6.07) is 8.87. The molecule has 1 unspecified atom stereocenters. The Kier molecular flexibility index (Phi) is 6.21. The number of aliphatic hydroxyl groups is 1. The Morgan fingerprint density at radius 3 is 2.82 bits per heavy atom. The van der Waals surface area contributed by atoms with Gasteiger partial charge in [-0.25, -0.2) is 19.0 Å². The fourth-order valence-electron chi connectivity index (χ4n) is 4.12. The molecule has 0 saturated carbocycles. The van der Waals surface area contributed by atoms with Gasteiger partial charge in [0.15, 0.2) is 12.1 Å². The van der Waals surface area contributed by atoms with Crippen LogP contribution in [0.25, 0.3) is 33.7 Å². The van der Waals surface area contributed by atoms with Gasteiger partial charge in [0, 0.05) is 30.0 Å². The molecule has 4 aromatic rings. The maximum Gasteiger partial charge on any atom is 0.181 e. The van der Waals surface area contributed by atoms with Crippen LogP contribution >= 0.6 is 0 Å². The van der Waals surface area contributed by atoms with Gasteiger partial charge in [0.1, 0.15) is 23.0 Å². The lowest BCUT2D eigenvalue weighted by Gasteiger charge is -2.23. The Bertz CT molecular complexity index is 1320. The maximum atomic E-state index is 14.2. The molecule has 34 heavy (non-hydrogen) atoms. The predicted octanol–water partition coefficient (Wildman–Crippen LogP) is 4.67. The normalized spacial score (nSPS) is 16.3. The maximum absolute atomic E-state index is 14.2. The number of hydrogen-bond acceptors (Lipinski definition) is 7. The first-order valence-electron chi connectivity index (χ1n) is 11.4. The number of halogens is 1. The lowest BCUT2D eigenvalue weighted by atomic mass is 10.1. The minimum absolute atomic E-state index is 0.00655. The van der Waals surface area contributed by atoms with Gasteiger partial charge in [-0.1, -0.05) is 0 Å². The molecule has 1 atom stereocenters. The molecule has 0 aliphatic carbocycles. The predicted molar refractivity (Wildman–Crippen MR) is 124 cm³/mol. The van der Waals surface area contributed by atoms with Crippen molar-refractivity contribution in [1.29, 1.82) is 0 Å². The molecular weight excluding hydrogens is 437 g/mol. The van der Waals surface area contributed by atoms with Crippen molar-refractivity contribution < 1.29 is 19.0 Å². The molecule has 0 radical (unpaired) electrons. The molecular formula is C25H26FN5O3. The van der Waals surface area contributed by atoms with Crippen LogP contribution in [0.1, 0.15) is 45.0 Å². The average molecular weight is 464 g/mol. The first-order valence-corrected chi connectivity index (χ1v) is 11.4. The first-order chi connectivity index (χ1) is 16.5. The molecule has 8 nitrogen and oxygen atoms in total. The number of aromatic nitrogens is 5. The first kappa shape index (κ1) is 22.4. The van der Waals surface area contributed by atoms with Gasteiger partial charge in [-0.3, -0.25) is 4.98 Å². The van der Waals surface area contributed by atoms with Crippen molar-refractivity contribution in [2.75, 3.05) is 6.61 Å². The number of hydrogen-bond donors (Lipinski definition) is 1. The summed E-state index contributed by atoms with van der Waals surface area (Å²) in [6.45, 7) is 4.19. The van der Waals surface area contributed by atoms with Crippen LogP contribution in [0, 0.1) is 5.82 Å². The molecule has 0 bridgehead atoms. The van der Waals surface area contributed by atoms with Gasteiger partial charge < -0.3 is 14.6 Å². The van der Waals surface area contributed by atoms with E-state index in [0.29, 0.717) is 29.4 Å². The third kappa shape index (κ3) is 4.36. The standard InChI is InChI=1S/C25H26FN5O3/c1-15(2)34-17-6-7-22-18(12-17)24(30-31(22)23-5-3-4-10-33-23)25-27-9-8-20(29-25)16-11-19(26)21(14-32)28-13-16/h6-9,11-13,15,23,32H,3-5,10,14H2,1-2H3. The topological polar surface area (TPSA) is 95.2 Å². The van der Waals surface area contributed by atoms with Crippen LogP contribution in [-0.4, -0.2) is 42.5 Å². The average Bonchev–Trinajstić information content (AvgIpc) is 3.23. The highest BCUT2D eigenvalue weighted by Gasteiger charge is 2.23. The lowest BCUT2D eigenvalue weighted by Crippen LogP contribution is -2.19. The van der Waals surface area contributed by atoms with E-state index in [1.165, 1.54) is 12.3 Å². The molecule has 1 aliphatic heterocycles. The fraction of sp³-hybridized carbons (Fsp3) is 0.360. The van der Waals surface area contributed by atoms with Crippen molar-refractivity contribution >= 4 is 10.9 Å². The summed E-state index contributed by atoms with van der Waals surface area (Å²) in [7, 11) is 0. The van der Waals surface area contributed by atoms with E-state index < -0.39 is 12.4 Å². The molecule has 1 fully saturated rings. The van der Waals surface area contributed by atoms with Crippen LogP contribution in [-0.2, 0) is 11.3 Å². The van der Waals surface area contributed by atoms with Crippen LogP contribution in [0.15, 0.2) is 42.7 Å². The van der Waals surface area contributed by atoms with Crippen LogP contribution in [0.2, 0.25) is 0 Å². The Hall–Kier alpha value is -3.43. The van der Waals surface area contributed by atoms with Crippen molar-refractivity contribution in [3.63, 3.8) is 0 Å². The smallest absolute Gasteiger partial charge is 0.181 e. The second kappa shape index (κ2) is 9.44. The zero-order chi connectivity index (χ0) is 23.7. The molecule has 1 N–H and O–H groups in total. The molecule has 9 heteroatoms. The molecule has 5 rings (SSSR count). The zero-order valence-corrected chi connectivity index (χ0v) is 19.1. The lowest BCUT2D eigenvalue weighted by molar-refractivity contribution is -0.0365. The molecule has 4 heterocycles. The molecule has 0 amide bonds. The second-order valence-electron chi connectivity index (χ2n) is 8.54. The molecule has 1 aliphatic rings. The van der Waals surface area contributed by atoms with Crippen molar-refractivity contribution in [1.82, 2.24) is 24.7 Å². The van der Waals surface area contributed by atoms with E-state index in [-0.39, 0.29) is 18.0 Å². The SMILES string of the molecule is CC(C)Oc1ccc2c(c1)c(-c1nccc(-c3cnc(CO)c(F)c3)n1)nn2C1CCCCO1. The Balaban J connectivity index is 1.62. The van der Waals surface area contributed by atoms with Gasteiger partial charge in [0.05, 0.1) is 23.9 Å². The summed E-state index contributed by atoms with van der Waals surface area (Å²) >= 11 is 0. The number of ether oxygens (including phenoxy) is 2. The van der Waals surface area contributed by atoms with Gasteiger partial charge in [-0.15, -0.1) is 0 Å². The number of benzene rings is 1. The third-order valence-corrected chi connectivity index (χ3v) is 5.71. The quantitative estimate of drug-likeness (QED) is 0.444. The number of rotatable bonds is 6. The summed E-state index contributed by atoms with van der Waals surface area (Å²) < 4.78 is 28.0. The Morgan fingerprint density at radius 2 is 2.09 bits per heavy atom. The van der Waals surface area contributed by atoms with Gasteiger partial charge in [0.2, 0.25) is 0 Å². The fourth-order valence-corrected chi connectivity index (χ4v) is 4.12. The van der Waals surface area contributed by atoms with Crippen LogP contribution in [0.4, 0.5) is 4.39 Å². The van der Waals surface area contributed by atoms with Gasteiger partial charge in [0.25, 0.3) is 0 Å². The largest absolute Gasteiger partial charge is 0.491 e. The Labute approximate surface area is 196 Å². The highest BCUT2D eigenvalue weighted by molar-refractivity contribution is 5.93. The minimum atomic E-state index is -0.584. The van der Waals surface area contributed by atoms with Crippen molar-refractivity contribution in [2.24, 2.45) is 0 Å². The summed E-state index contributed by atoms with van der Waals surface area (Å²) in [4.78, 5) is 13.1. The molecule has 176 valence electrons. The van der Waals surface area contributed by atoms with E-state index in [1.54, 1.807) is 12.3 Å². The summed E-state index contributed by atoms with van der Waals surface area (Å²) in [6.07, 6.45) is 5.97. The van der Waals surface area contributed by atoms with Crippen molar-refractivity contribution in [3.05, 3.63) is 54.2 Å². The summed E-state index contributed by atoms with van der Waals surface area (Å²) in [5, 5.41) is 14.9. The third-order valence-electron chi connectivity index (χ3n) is 5.71. The summed E-state index contributed by atoms with van der Waals surface area (Å²) in [5.41, 5.74) is 2.49. The number of aliphatic hydroxyl groups excluding tert-OH is 1. The monoisotopic (exact) mass is 463 g/mol. The highest BCUT2D eigenvalue weighted by atomic mass is 19.1. The van der Waals surface area contributed by atoms with E-state index in [0.717, 1.165) is 35.9 Å². The van der Waals surface area contributed by atoms with E-state index >= 15 is 0 Å². The number of nitrogens with zero attached hydrogens (tertiary/aromatic N) is 5. The van der Waals surface area contributed by atoms with E-state index in [4.69, 9.17) is 14.6 Å². The van der Waals surface area contributed by atoms with Crippen molar-refractivity contribution in [3.8, 4) is 28.5 Å².